The number of carbonyl (C=O) groups is 1. The summed E-state index contributed by atoms with van der Waals surface area (Å²) < 4.78 is 4.69. The fourth-order valence-corrected chi connectivity index (χ4v) is 3.29. The van der Waals surface area contributed by atoms with E-state index in [1.165, 1.54) is 42.4 Å². The Morgan fingerprint density at radius 1 is 1.35 bits per heavy atom. The van der Waals surface area contributed by atoms with E-state index >= 15 is 0 Å². The molecule has 4 nitrogen and oxygen atoms in total. The van der Waals surface area contributed by atoms with Crippen LogP contribution < -0.4 is 5.32 Å². The standard InChI is InChI=1S/C15H16N2O2S/c1-19-14(18)13-9-16-15(20-13)17-12-8-4-6-10-5-2-3-7-11(10)12/h4,6,8-9H,2-3,5,7H2,1H3,(H,16,17). The molecule has 5 heteroatoms. The van der Waals surface area contributed by atoms with Crippen molar-refractivity contribution >= 4 is 28.1 Å². The Balaban J connectivity index is 1.84. The van der Waals surface area contributed by atoms with Crippen LogP contribution >= 0.6 is 11.3 Å². The molecule has 0 aliphatic heterocycles. The molecule has 0 atom stereocenters. The van der Waals surface area contributed by atoms with Gasteiger partial charge in [-0.2, -0.15) is 0 Å². The molecule has 1 heterocycles. The zero-order chi connectivity index (χ0) is 13.9. The van der Waals surface area contributed by atoms with Crippen molar-refractivity contribution < 1.29 is 9.53 Å². The average molecular weight is 288 g/mol. The lowest BCUT2D eigenvalue weighted by Crippen LogP contribution is -2.05. The lowest BCUT2D eigenvalue weighted by molar-refractivity contribution is 0.0606. The number of ether oxygens (including phenoxy) is 1. The molecular weight excluding hydrogens is 272 g/mol. The first-order chi connectivity index (χ1) is 9.78. The van der Waals surface area contributed by atoms with Crippen molar-refractivity contribution in [2.45, 2.75) is 25.7 Å². The summed E-state index contributed by atoms with van der Waals surface area (Å²) in [5, 5.41) is 4.06. The van der Waals surface area contributed by atoms with Gasteiger partial charge in [0.25, 0.3) is 0 Å². The maximum absolute atomic E-state index is 11.4. The maximum Gasteiger partial charge on any atom is 0.349 e. The fourth-order valence-electron chi connectivity index (χ4n) is 2.54. The minimum absolute atomic E-state index is 0.342. The smallest absolute Gasteiger partial charge is 0.349 e. The van der Waals surface area contributed by atoms with Gasteiger partial charge < -0.3 is 10.1 Å². The molecule has 2 aromatic rings. The van der Waals surface area contributed by atoms with E-state index in [9.17, 15) is 4.79 Å². The van der Waals surface area contributed by atoms with Crippen molar-refractivity contribution in [2.75, 3.05) is 12.4 Å². The van der Waals surface area contributed by atoms with Crippen LogP contribution in [0.25, 0.3) is 0 Å². The summed E-state index contributed by atoms with van der Waals surface area (Å²) in [6.45, 7) is 0. The predicted octanol–water partition coefficient (Wildman–Crippen LogP) is 3.55. The van der Waals surface area contributed by atoms with Gasteiger partial charge in [0.05, 0.1) is 13.3 Å². The largest absolute Gasteiger partial charge is 0.465 e. The molecule has 0 saturated carbocycles. The Kier molecular flexibility index (Phi) is 3.69. The maximum atomic E-state index is 11.4. The number of benzene rings is 1. The Labute approximate surface area is 121 Å². The van der Waals surface area contributed by atoms with Crippen LogP contribution in [0.2, 0.25) is 0 Å². The molecule has 1 aliphatic carbocycles. The van der Waals surface area contributed by atoms with Gasteiger partial charge in [-0.25, -0.2) is 9.78 Å². The first-order valence-corrected chi connectivity index (χ1v) is 7.51. The Hall–Kier alpha value is -1.88. The number of methoxy groups -OCH3 is 1. The zero-order valence-corrected chi connectivity index (χ0v) is 12.1. The fraction of sp³-hybridized carbons (Fsp3) is 0.333. The molecule has 1 aliphatic rings. The normalized spacial score (nSPS) is 13.7. The molecule has 1 N–H and O–H groups in total. The molecule has 0 spiro atoms. The Morgan fingerprint density at radius 3 is 3.05 bits per heavy atom. The number of aryl methyl sites for hydroxylation is 1. The summed E-state index contributed by atoms with van der Waals surface area (Å²) in [5.41, 5.74) is 3.91. The molecular formula is C15H16N2O2S. The van der Waals surface area contributed by atoms with Crippen molar-refractivity contribution in [1.29, 1.82) is 0 Å². The van der Waals surface area contributed by atoms with E-state index in [0.717, 1.165) is 23.7 Å². The molecule has 3 rings (SSSR count). The van der Waals surface area contributed by atoms with Crippen molar-refractivity contribution in [3.05, 3.63) is 40.4 Å². The third kappa shape index (κ3) is 2.54. The van der Waals surface area contributed by atoms with E-state index in [4.69, 9.17) is 4.74 Å². The second-order valence-corrected chi connectivity index (χ2v) is 5.83. The number of anilines is 2. The number of hydrogen-bond acceptors (Lipinski definition) is 5. The van der Waals surface area contributed by atoms with Gasteiger partial charge >= 0.3 is 5.97 Å². The highest BCUT2D eigenvalue weighted by atomic mass is 32.1. The molecule has 20 heavy (non-hydrogen) atoms. The van der Waals surface area contributed by atoms with Crippen LogP contribution in [0, 0.1) is 0 Å². The molecule has 1 aromatic heterocycles. The highest BCUT2D eigenvalue weighted by Crippen LogP contribution is 2.31. The minimum Gasteiger partial charge on any atom is -0.465 e. The summed E-state index contributed by atoms with van der Waals surface area (Å²) >= 11 is 1.31. The van der Waals surface area contributed by atoms with E-state index < -0.39 is 0 Å². The zero-order valence-electron chi connectivity index (χ0n) is 11.3. The van der Waals surface area contributed by atoms with Gasteiger partial charge in [-0.3, -0.25) is 0 Å². The van der Waals surface area contributed by atoms with Crippen LogP contribution in [-0.2, 0) is 17.6 Å². The lowest BCUT2D eigenvalue weighted by Gasteiger charge is -2.19. The molecule has 0 saturated heterocycles. The predicted molar refractivity (Wildman–Crippen MR) is 79.8 cm³/mol. The summed E-state index contributed by atoms with van der Waals surface area (Å²) in [4.78, 5) is 16.2. The first kappa shape index (κ1) is 13.1. The van der Waals surface area contributed by atoms with E-state index in [2.05, 4.69) is 28.5 Å². The third-order valence-electron chi connectivity index (χ3n) is 3.53. The van der Waals surface area contributed by atoms with Gasteiger partial charge in [-0.15, -0.1) is 0 Å². The monoisotopic (exact) mass is 288 g/mol. The molecule has 1 aromatic carbocycles. The first-order valence-electron chi connectivity index (χ1n) is 6.70. The van der Waals surface area contributed by atoms with Gasteiger partial charge in [-0.05, 0) is 42.9 Å². The molecule has 104 valence electrons. The Morgan fingerprint density at radius 2 is 2.20 bits per heavy atom. The number of hydrogen-bond donors (Lipinski definition) is 1. The quantitative estimate of drug-likeness (QED) is 0.878. The molecule has 0 unspecified atom stereocenters. The van der Waals surface area contributed by atoms with Gasteiger partial charge in [0.2, 0.25) is 0 Å². The van der Waals surface area contributed by atoms with Crippen LogP contribution in [-0.4, -0.2) is 18.1 Å². The van der Waals surface area contributed by atoms with Gasteiger partial charge in [0.1, 0.15) is 4.88 Å². The lowest BCUT2D eigenvalue weighted by atomic mass is 9.90. The topological polar surface area (TPSA) is 51.2 Å². The molecule has 0 bridgehead atoms. The van der Waals surface area contributed by atoms with Crippen LogP contribution in [0.1, 0.15) is 33.6 Å². The second-order valence-electron chi connectivity index (χ2n) is 4.80. The Bertz CT molecular complexity index is 637. The van der Waals surface area contributed by atoms with Crippen molar-refractivity contribution in [3.63, 3.8) is 0 Å². The molecule has 0 fully saturated rings. The summed E-state index contributed by atoms with van der Waals surface area (Å²) in [6, 6.07) is 6.34. The highest BCUT2D eigenvalue weighted by molar-refractivity contribution is 7.17. The number of nitrogens with zero attached hydrogens (tertiary/aromatic N) is 1. The van der Waals surface area contributed by atoms with Crippen molar-refractivity contribution in [1.82, 2.24) is 4.98 Å². The van der Waals surface area contributed by atoms with Gasteiger partial charge in [0.15, 0.2) is 5.13 Å². The van der Waals surface area contributed by atoms with Crippen molar-refractivity contribution in [2.24, 2.45) is 0 Å². The number of esters is 1. The SMILES string of the molecule is COC(=O)c1cnc(Nc2cccc3c2CCCC3)s1. The van der Waals surface area contributed by atoms with Crippen LogP contribution in [0.5, 0.6) is 0 Å². The van der Waals surface area contributed by atoms with Crippen LogP contribution in [0.4, 0.5) is 10.8 Å². The number of thiazole rings is 1. The van der Waals surface area contributed by atoms with E-state index in [1.807, 2.05) is 0 Å². The third-order valence-corrected chi connectivity index (χ3v) is 4.42. The molecule has 0 amide bonds. The van der Waals surface area contributed by atoms with Crippen LogP contribution in [0.3, 0.4) is 0 Å². The van der Waals surface area contributed by atoms with E-state index in [1.54, 1.807) is 6.20 Å². The summed E-state index contributed by atoms with van der Waals surface area (Å²) in [7, 11) is 1.38. The number of carbonyl (C=O) groups excluding carboxylic acids is 1. The van der Waals surface area contributed by atoms with E-state index in [0.29, 0.717) is 4.88 Å². The number of nitrogens with one attached hydrogen (secondary N) is 1. The van der Waals surface area contributed by atoms with E-state index in [-0.39, 0.29) is 5.97 Å². The highest BCUT2D eigenvalue weighted by Gasteiger charge is 2.15. The second kappa shape index (κ2) is 5.63. The number of rotatable bonds is 3. The van der Waals surface area contributed by atoms with Crippen LogP contribution in [0.15, 0.2) is 24.4 Å². The summed E-state index contributed by atoms with van der Waals surface area (Å²) in [5.74, 6) is -0.342. The average Bonchev–Trinajstić information content (AvgIpc) is 2.95. The number of fused-ring (bicyclic) bond motifs is 1. The van der Waals surface area contributed by atoms with Crippen molar-refractivity contribution in [3.8, 4) is 0 Å². The van der Waals surface area contributed by atoms with Gasteiger partial charge in [-0.1, -0.05) is 23.5 Å². The summed E-state index contributed by atoms with van der Waals surface area (Å²) in [6.07, 6.45) is 6.30. The van der Waals surface area contributed by atoms with Gasteiger partial charge in [0, 0.05) is 5.69 Å². The number of aromatic nitrogens is 1. The minimum atomic E-state index is -0.342. The molecule has 0 radical (unpaired) electrons.